The third-order valence-corrected chi connectivity index (χ3v) is 2.99. The molecule has 0 fully saturated rings. The summed E-state index contributed by atoms with van der Waals surface area (Å²) in [7, 11) is 0. The summed E-state index contributed by atoms with van der Waals surface area (Å²) in [6.45, 7) is 0. The van der Waals surface area contributed by atoms with Crippen molar-refractivity contribution in [1.82, 2.24) is 0 Å². The number of anilines is 1. The molecule has 1 aromatic carbocycles. The van der Waals surface area contributed by atoms with Crippen molar-refractivity contribution in [3.63, 3.8) is 0 Å². The summed E-state index contributed by atoms with van der Waals surface area (Å²) < 4.78 is 0. The van der Waals surface area contributed by atoms with Crippen LogP contribution >= 0.6 is 23.4 Å². The molecule has 0 aliphatic rings. The number of carbonyl (C=O) groups is 2. The Morgan fingerprint density at radius 3 is 2.69 bits per heavy atom. The summed E-state index contributed by atoms with van der Waals surface area (Å²) in [5, 5.41) is 2.64. The zero-order chi connectivity index (χ0) is 12.0. The van der Waals surface area contributed by atoms with Gasteiger partial charge in [0.2, 0.25) is 11.8 Å². The molecule has 16 heavy (non-hydrogen) atoms. The number of alkyl halides is 1. The fourth-order valence-electron chi connectivity index (χ4n) is 1.03. The lowest BCUT2D eigenvalue weighted by atomic mass is 10.3. The summed E-state index contributed by atoms with van der Waals surface area (Å²) >= 11 is 6.66. The van der Waals surface area contributed by atoms with Gasteiger partial charge in [0, 0.05) is 4.90 Å². The molecule has 0 aliphatic carbocycles. The standard InChI is InChI=1S/C10H11ClN2O2S/c11-5-10(15)13-7-3-1-2-4-8(7)16-6-9(12)14/h1-4H,5-6H2,(H2,12,14)(H,13,15). The Morgan fingerprint density at radius 1 is 1.38 bits per heavy atom. The van der Waals surface area contributed by atoms with Crippen LogP contribution in [-0.2, 0) is 9.59 Å². The Balaban J connectivity index is 2.74. The number of hydrogen-bond acceptors (Lipinski definition) is 3. The third kappa shape index (κ3) is 4.12. The minimum absolute atomic E-state index is 0.102. The van der Waals surface area contributed by atoms with Crippen molar-refractivity contribution < 1.29 is 9.59 Å². The topological polar surface area (TPSA) is 72.2 Å². The minimum atomic E-state index is -0.400. The summed E-state index contributed by atoms with van der Waals surface area (Å²) in [6.07, 6.45) is 0. The molecule has 0 saturated heterocycles. The van der Waals surface area contributed by atoms with E-state index in [0.29, 0.717) is 5.69 Å². The summed E-state index contributed by atoms with van der Waals surface area (Å²) in [5.41, 5.74) is 5.69. The maximum absolute atomic E-state index is 11.1. The number of rotatable bonds is 5. The Kier molecular flexibility index (Phi) is 5.14. The average Bonchev–Trinajstić information content (AvgIpc) is 2.27. The molecule has 0 unspecified atom stereocenters. The number of primary amides is 1. The minimum Gasteiger partial charge on any atom is -0.369 e. The van der Waals surface area contributed by atoms with Crippen molar-refractivity contribution in [1.29, 1.82) is 0 Å². The van der Waals surface area contributed by atoms with Crippen molar-refractivity contribution in [2.45, 2.75) is 4.90 Å². The number of thioether (sulfide) groups is 1. The van der Waals surface area contributed by atoms with E-state index in [9.17, 15) is 9.59 Å². The highest BCUT2D eigenvalue weighted by atomic mass is 35.5. The predicted octanol–water partition coefficient (Wildman–Crippen LogP) is 1.44. The quantitative estimate of drug-likeness (QED) is 0.620. The van der Waals surface area contributed by atoms with Gasteiger partial charge in [-0.2, -0.15) is 0 Å². The molecule has 3 N–H and O–H groups in total. The van der Waals surface area contributed by atoms with Crippen LogP contribution in [0.25, 0.3) is 0 Å². The van der Waals surface area contributed by atoms with Crippen molar-refractivity contribution >= 4 is 40.9 Å². The van der Waals surface area contributed by atoms with Gasteiger partial charge in [0.05, 0.1) is 11.4 Å². The molecular formula is C10H11ClN2O2S. The number of halogens is 1. The van der Waals surface area contributed by atoms with Gasteiger partial charge >= 0.3 is 0 Å². The molecule has 86 valence electrons. The second kappa shape index (κ2) is 6.40. The van der Waals surface area contributed by atoms with Gasteiger partial charge in [-0.05, 0) is 12.1 Å². The maximum atomic E-state index is 11.1. The maximum Gasteiger partial charge on any atom is 0.239 e. The third-order valence-electron chi connectivity index (χ3n) is 1.65. The molecule has 0 saturated carbocycles. The van der Waals surface area contributed by atoms with Crippen molar-refractivity contribution in [2.75, 3.05) is 16.9 Å². The van der Waals surface area contributed by atoms with Crippen LogP contribution in [-0.4, -0.2) is 23.4 Å². The zero-order valence-corrected chi connectivity index (χ0v) is 9.98. The molecule has 1 rings (SSSR count). The molecule has 0 aromatic heterocycles. The van der Waals surface area contributed by atoms with E-state index in [2.05, 4.69) is 5.32 Å². The van der Waals surface area contributed by atoms with Crippen LogP contribution in [0.3, 0.4) is 0 Å². The van der Waals surface area contributed by atoms with E-state index >= 15 is 0 Å². The van der Waals surface area contributed by atoms with Crippen molar-refractivity contribution in [2.24, 2.45) is 5.73 Å². The molecule has 0 spiro atoms. The molecule has 0 atom stereocenters. The second-order valence-electron chi connectivity index (χ2n) is 2.93. The Morgan fingerprint density at radius 2 is 2.06 bits per heavy atom. The molecule has 2 amide bonds. The fourth-order valence-corrected chi connectivity index (χ4v) is 1.84. The van der Waals surface area contributed by atoms with Crippen LogP contribution in [0.4, 0.5) is 5.69 Å². The Hall–Kier alpha value is -1.20. The van der Waals surface area contributed by atoms with Gasteiger partial charge in [0.25, 0.3) is 0 Å². The molecule has 0 heterocycles. The van der Waals surface area contributed by atoms with Crippen LogP contribution in [0.1, 0.15) is 0 Å². The second-order valence-corrected chi connectivity index (χ2v) is 4.22. The molecule has 0 radical (unpaired) electrons. The first-order valence-electron chi connectivity index (χ1n) is 4.49. The van der Waals surface area contributed by atoms with Crippen molar-refractivity contribution in [3.8, 4) is 0 Å². The van der Waals surface area contributed by atoms with Crippen molar-refractivity contribution in [3.05, 3.63) is 24.3 Å². The van der Waals surface area contributed by atoms with E-state index in [1.807, 2.05) is 6.07 Å². The average molecular weight is 259 g/mol. The SMILES string of the molecule is NC(=O)CSc1ccccc1NC(=O)CCl. The molecule has 6 heteroatoms. The van der Waals surface area contributed by atoms with Crippen LogP contribution in [0.2, 0.25) is 0 Å². The number of nitrogens with two attached hydrogens (primary N) is 1. The van der Waals surface area contributed by atoms with E-state index in [1.54, 1.807) is 18.2 Å². The van der Waals surface area contributed by atoms with E-state index in [0.717, 1.165) is 4.90 Å². The summed E-state index contributed by atoms with van der Waals surface area (Å²) in [5.74, 6) is -0.611. The molecule has 4 nitrogen and oxygen atoms in total. The lowest BCUT2D eigenvalue weighted by Gasteiger charge is -2.08. The molecule has 0 aliphatic heterocycles. The Bertz CT molecular complexity index is 398. The van der Waals surface area contributed by atoms with Gasteiger partial charge in [0.1, 0.15) is 5.88 Å². The van der Waals surface area contributed by atoms with Gasteiger partial charge < -0.3 is 11.1 Å². The highest BCUT2D eigenvalue weighted by Crippen LogP contribution is 2.26. The van der Waals surface area contributed by atoms with Crippen LogP contribution in [0.15, 0.2) is 29.2 Å². The lowest BCUT2D eigenvalue weighted by Crippen LogP contribution is -2.15. The molecule has 0 bridgehead atoms. The first-order chi connectivity index (χ1) is 7.63. The predicted molar refractivity (Wildman–Crippen MR) is 65.7 cm³/mol. The monoisotopic (exact) mass is 258 g/mol. The lowest BCUT2D eigenvalue weighted by molar-refractivity contribution is -0.115. The number of benzene rings is 1. The Labute approximate surface area is 103 Å². The highest BCUT2D eigenvalue weighted by molar-refractivity contribution is 8.00. The van der Waals surface area contributed by atoms with Gasteiger partial charge in [0.15, 0.2) is 0 Å². The number of hydrogen-bond donors (Lipinski definition) is 2. The van der Waals surface area contributed by atoms with Gasteiger partial charge in [-0.1, -0.05) is 12.1 Å². The van der Waals surface area contributed by atoms with Gasteiger partial charge in [-0.15, -0.1) is 23.4 Å². The van der Waals surface area contributed by atoms with E-state index in [-0.39, 0.29) is 17.5 Å². The molecule has 1 aromatic rings. The zero-order valence-electron chi connectivity index (χ0n) is 8.40. The summed E-state index contributed by atoms with van der Waals surface area (Å²) in [4.78, 5) is 22.6. The largest absolute Gasteiger partial charge is 0.369 e. The van der Waals surface area contributed by atoms with E-state index in [4.69, 9.17) is 17.3 Å². The van der Waals surface area contributed by atoms with Gasteiger partial charge in [-0.3, -0.25) is 9.59 Å². The number of carbonyl (C=O) groups excluding carboxylic acids is 2. The highest BCUT2D eigenvalue weighted by Gasteiger charge is 2.06. The number of nitrogens with one attached hydrogen (secondary N) is 1. The van der Waals surface area contributed by atoms with E-state index in [1.165, 1.54) is 11.8 Å². The van der Waals surface area contributed by atoms with Crippen LogP contribution < -0.4 is 11.1 Å². The normalized spacial score (nSPS) is 9.81. The fraction of sp³-hybridized carbons (Fsp3) is 0.200. The van der Waals surface area contributed by atoms with Gasteiger partial charge in [-0.25, -0.2) is 0 Å². The van der Waals surface area contributed by atoms with E-state index < -0.39 is 5.91 Å². The summed E-state index contributed by atoms with van der Waals surface area (Å²) in [6, 6.07) is 7.16. The first kappa shape index (κ1) is 12.9. The first-order valence-corrected chi connectivity index (χ1v) is 6.01. The number of para-hydroxylation sites is 1. The number of amides is 2. The smallest absolute Gasteiger partial charge is 0.239 e. The van der Waals surface area contributed by atoms with Crippen LogP contribution in [0, 0.1) is 0 Å². The molecular weight excluding hydrogens is 248 g/mol. The van der Waals surface area contributed by atoms with Crippen LogP contribution in [0.5, 0.6) is 0 Å².